The molecule has 1 aliphatic carbocycles. The van der Waals surface area contributed by atoms with Crippen molar-refractivity contribution in [2.45, 2.75) is 52.1 Å². The molecule has 3 heterocycles. The van der Waals surface area contributed by atoms with Crippen LogP contribution in [0.1, 0.15) is 45.8 Å². The lowest BCUT2D eigenvalue weighted by Gasteiger charge is -2.24. The molecular formula is C17H22N6O2S. The summed E-state index contributed by atoms with van der Waals surface area (Å²) in [6, 6.07) is 0.277. The molecule has 0 amide bonds. The van der Waals surface area contributed by atoms with Crippen LogP contribution in [0.15, 0.2) is 6.20 Å². The molecule has 0 saturated carbocycles. The van der Waals surface area contributed by atoms with Crippen molar-refractivity contribution in [3.63, 3.8) is 0 Å². The quantitative estimate of drug-likeness (QED) is 0.682. The van der Waals surface area contributed by atoms with Gasteiger partial charge in [0.1, 0.15) is 5.01 Å². The summed E-state index contributed by atoms with van der Waals surface area (Å²) >= 11 is 1.59. The van der Waals surface area contributed by atoms with E-state index in [1.54, 1.807) is 11.3 Å². The van der Waals surface area contributed by atoms with Crippen molar-refractivity contribution in [3.05, 3.63) is 33.8 Å². The van der Waals surface area contributed by atoms with Crippen LogP contribution in [-0.4, -0.2) is 48.0 Å². The van der Waals surface area contributed by atoms with E-state index in [2.05, 4.69) is 20.5 Å². The third-order valence-corrected chi connectivity index (χ3v) is 5.69. The fraction of sp³-hybridized carbons (Fsp3) is 0.529. The van der Waals surface area contributed by atoms with Gasteiger partial charge < -0.3 is 10.4 Å². The Morgan fingerprint density at radius 2 is 2.31 bits per heavy atom. The van der Waals surface area contributed by atoms with Crippen molar-refractivity contribution < 1.29 is 9.90 Å². The Hall–Kier alpha value is -2.26. The van der Waals surface area contributed by atoms with Gasteiger partial charge in [0.2, 0.25) is 4.96 Å². The van der Waals surface area contributed by atoms with Crippen LogP contribution in [0.25, 0.3) is 4.96 Å². The smallest absolute Gasteiger partial charge is 0.356 e. The number of nitrogens with one attached hydrogen (secondary N) is 1. The van der Waals surface area contributed by atoms with Crippen LogP contribution in [-0.2, 0) is 25.8 Å². The van der Waals surface area contributed by atoms with Gasteiger partial charge in [-0.15, -0.1) is 0 Å². The van der Waals surface area contributed by atoms with E-state index in [9.17, 15) is 9.90 Å². The highest BCUT2D eigenvalue weighted by Crippen LogP contribution is 2.25. The molecule has 0 bridgehead atoms. The number of rotatable bonds is 6. The second-order valence-corrected chi connectivity index (χ2v) is 7.78. The lowest BCUT2D eigenvalue weighted by molar-refractivity contribution is 0.0688. The fourth-order valence-corrected chi connectivity index (χ4v) is 4.41. The monoisotopic (exact) mass is 374 g/mol. The number of aromatic nitrogens is 5. The van der Waals surface area contributed by atoms with E-state index >= 15 is 0 Å². The second-order valence-electron chi connectivity index (χ2n) is 6.62. The Labute approximate surface area is 154 Å². The minimum absolute atomic E-state index is 0.212. The van der Waals surface area contributed by atoms with Crippen LogP contribution in [0.2, 0.25) is 0 Å². The van der Waals surface area contributed by atoms with E-state index in [0.717, 1.165) is 59.1 Å². The number of fused-ring (bicyclic) bond motifs is 2. The minimum Gasteiger partial charge on any atom is -0.476 e. The summed E-state index contributed by atoms with van der Waals surface area (Å²) in [5.41, 5.74) is 3.21. The Bertz CT molecular complexity index is 925. The van der Waals surface area contributed by atoms with E-state index in [-0.39, 0.29) is 11.7 Å². The van der Waals surface area contributed by atoms with Gasteiger partial charge in [0.25, 0.3) is 0 Å². The van der Waals surface area contributed by atoms with Crippen LogP contribution in [0.5, 0.6) is 0 Å². The molecular weight excluding hydrogens is 352 g/mol. The first kappa shape index (κ1) is 17.2. The number of aromatic carboxylic acids is 1. The molecule has 138 valence electrons. The Morgan fingerprint density at radius 3 is 3.04 bits per heavy atom. The molecule has 0 radical (unpaired) electrons. The zero-order valence-electron chi connectivity index (χ0n) is 14.9. The normalized spacial score (nSPS) is 16.9. The number of hydrogen-bond donors (Lipinski definition) is 2. The SMILES string of the molecule is CCn1nc(C(=O)O)c2c1CCC(NCCc1cn3nc(C)sc3n1)C2. The summed E-state index contributed by atoms with van der Waals surface area (Å²) < 4.78 is 3.67. The van der Waals surface area contributed by atoms with Gasteiger partial charge in [0.05, 0.1) is 11.9 Å². The number of carboxylic acid groups (broad SMARTS) is 1. The van der Waals surface area contributed by atoms with Gasteiger partial charge in [0, 0.05) is 36.8 Å². The van der Waals surface area contributed by atoms with Crippen molar-refractivity contribution in [2.24, 2.45) is 0 Å². The van der Waals surface area contributed by atoms with Gasteiger partial charge in [-0.3, -0.25) is 4.68 Å². The number of aryl methyl sites for hydroxylation is 2. The highest BCUT2D eigenvalue weighted by molar-refractivity contribution is 7.16. The van der Waals surface area contributed by atoms with E-state index < -0.39 is 5.97 Å². The van der Waals surface area contributed by atoms with Crippen molar-refractivity contribution in [1.29, 1.82) is 0 Å². The van der Waals surface area contributed by atoms with Crippen LogP contribution in [0.3, 0.4) is 0 Å². The molecule has 8 nitrogen and oxygen atoms in total. The highest BCUT2D eigenvalue weighted by atomic mass is 32.1. The number of imidazole rings is 1. The first-order chi connectivity index (χ1) is 12.5. The number of nitrogens with zero attached hydrogens (tertiary/aromatic N) is 5. The Balaban J connectivity index is 1.38. The van der Waals surface area contributed by atoms with Crippen LogP contribution < -0.4 is 5.32 Å². The fourth-order valence-electron chi connectivity index (χ4n) is 3.66. The maximum atomic E-state index is 11.5. The van der Waals surface area contributed by atoms with Crippen LogP contribution in [0.4, 0.5) is 0 Å². The zero-order chi connectivity index (χ0) is 18.3. The van der Waals surface area contributed by atoms with Gasteiger partial charge in [-0.1, -0.05) is 11.3 Å². The summed E-state index contributed by atoms with van der Waals surface area (Å²) in [6.45, 7) is 5.49. The largest absolute Gasteiger partial charge is 0.476 e. The van der Waals surface area contributed by atoms with Crippen molar-refractivity contribution in [1.82, 2.24) is 29.7 Å². The van der Waals surface area contributed by atoms with Crippen molar-refractivity contribution in [3.8, 4) is 0 Å². The molecule has 9 heteroatoms. The maximum Gasteiger partial charge on any atom is 0.356 e. The first-order valence-corrected chi connectivity index (χ1v) is 9.73. The lowest BCUT2D eigenvalue weighted by Crippen LogP contribution is -2.36. The van der Waals surface area contributed by atoms with E-state index in [4.69, 9.17) is 0 Å². The highest BCUT2D eigenvalue weighted by Gasteiger charge is 2.28. The van der Waals surface area contributed by atoms with E-state index in [0.29, 0.717) is 6.54 Å². The maximum absolute atomic E-state index is 11.5. The second kappa shape index (κ2) is 6.81. The minimum atomic E-state index is -0.935. The molecule has 3 aromatic rings. The van der Waals surface area contributed by atoms with Crippen LogP contribution in [0, 0.1) is 6.92 Å². The third-order valence-electron chi connectivity index (χ3n) is 4.86. The van der Waals surface area contributed by atoms with E-state index in [1.165, 1.54) is 0 Å². The number of hydrogen-bond acceptors (Lipinski definition) is 6. The molecule has 0 aliphatic heterocycles. The Kier molecular flexibility index (Phi) is 4.49. The average Bonchev–Trinajstić information content (AvgIpc) is 3.24. The molecule has 0 aromatic carbocycles. The zero-order valence-corrected chi connectivity index (χ0v) is 15.7. The van der Waals surface area contributed by atoms with Gasteiger partial charge >= 0.3 is 5.97 Å². The molecule has 0 spiro atoms. The molecule has 0 saturated heterocycles. The topological polar surface area (TPSA) is 97.3 Å². The van der Waals surface area contributed by atoms with Gasteiger partial charge in [-0.25, -0.2) is 14.3 Å². The molecule has 3 aromatic heterocycles. The number of carboxylic acids is 1. The third kappa shape index (κ3) is 3.12. The summed E-state index contributed by atoms with van der Waals surface area (Å²) in [6.07, 6.45) is 5.39. The summed E-state index contributed by atoms with van der Waals surface area (Å²) in [7, 11) is 0. The van der Waals surface area contributed by atoms with Gasteiger partial charge in [-0.2, -0.15) is 10.2 Å². The van der Waals surface area contributed by atoms with Crippen LogP contribution >= 0.6 is 11.3 Å². The molecule has 1 unspecified atom stereocenters. The van der Waals surface area contributed by atoms with Crippen molar-refractivity contribution in [2.75, 3.05) is 6.54 Å². The summed E-state index contributed by atoms with van der Waals surface area (Å²) in [5.74, 6) is -0.935. The Morgan fingerprint density at radius 1 is 1.46 bits per heavy atom. The predicted molar refractivity (Wildman–Crippen MR) is 98.0 cm³/mol. The first-order valence-electron chi connectivity index (χ1n) is 8.92. The molecule has 1 aliphatic rings. The standard InChI is InChI=1S/C17H22N6O2S/c1-3-22-14-5-4-11(8-13(14)15(21-22)16(24)25)18-7-6-12-9-23-17(19-12)26-10(2)20-23/h9,11,18H,3-8H2,1-2H3,(H,24,25). The molecule has 26 heavy (non-hydrogen) atoms. The molecule has 1 atom stereocenters. The summed E-state index contributed by atoms with van der Waals surface area (Å²) in [4.78, 5) is 17.0. The molecule has 2 N–H and O–H groups in total. The molecule has 0 fully saturated rings. The van der Waals surface area contributed by atoms with Crippen molar-refractivity contribution >= 4 is 22.3 Å². The van der Waals surface area contributed by atoms with E-state index in [1.807, 2.05) is 29.2 Å². The van der Waals surface area contributed by atoms with Gasteiger partial charge in [0.15, 0.2) is 5.69 Å². The summed E-state index contributed by atoms with van der Waals surface area (Å²) in [5, 5.41) is 22.6. The lowest BCUT2D eigenvalue weighted by atomic mass is 9.91. The number of carbonyl (C=O) groups is 1. The predicted octanol–water partition coefficient (Wildman–Crippen LogP) is 1.70. The average molecular weight is 374 g/mol. The van der Waals surface area contributed by atoms with Gasteiger partial charge in [-0.05, 0) is 33.1 Å². The molecule has 4 rings (SSSR count).